The van der Waals surface area contributed by atoms with Gasteiger partial charge in [-0.2, -0.15) is 0 Å². The first kappa shape index (κ1) is 16.2. The molecule has 0 fully saturated rings. The zero-order valence-electron chi connectivity index (χ0n) is 13.2. The lowest BCUT2D eigenvalue weighted by atomic mass is 10.1. The van der Waals surface area contributed by atoms with E-state index >= 15 is 0 Å². The highest BCUT2D eigenvalue weighted by Crippen LogP contribution is 2.11. The number of rotatable bonds is 7. The van der Waals surface area contributed by atoms with Gasteiger partial charge in [0, 0.05) is 18.2 Å². The molecule has 1 atom stereocenters. The normalized spacial score (nSPS) is 11.9. The first-order valence-corrected chi connectivity index (χ1v) is 7.64. The number of carbonyl (C=O) groups is 1. The van der Waals surface area contributed by atoms with Crippen LogP contribution in [0.4, 0.5) is 5.69 Å². The Morgan fingerprint density at radius 3 is 2.45 bits per heavy atom. The highest BCUT2D eigenvalue weighted by molar-refractivity contribution is 5.92. The Kier molecular flexibility index (Phi) is 6.16. The molecule has 0 radical (unpaired) electrons. The summed E-state index contributed by atoms with van der Waals surface area (Å²) in [6.45, 7) is 5.16. The Morgan fingerprint density at radius 2 is 1.77 bits per heavy atom. The number of ether oxygens (including phenoxy) is 1. The van der Waals surface area contributed by atoms with E-state index in [9.17, 15) is 4.79 Å². The fourth-order valence-electron chi connectivity index (χ4n) is 2.05. The first-order valence-electron chi connectivity index (χ1n) is 7.64. The van der Waals surface area contributed by atoms with E-state index in [1.165, 1.54) is 5.56 Å². The fraction of sp³-hybridized carbons (Fsp3) is 0.316. The molecule has 2 aromatic rings. The Bertz CT molecular complexity index is 578. The van der Waals surface area contributed by atoms with E-state index in [0.717, 1.165) is 11.3 Å². The van der Waals surface area contributed by atoms with Gasteiger partial charge in [-0.05, 0) is 31.0 Å². The van der Waals surface area contributed by atoms with Crippen molar-refractivity contribution in [3.8, 4) is 0 Å². The molecule has 0 aliphatic rings. The van der Waals surface area contributed by atoms with Crippen LogP contribution in [0.25, 0.3) is 0 Å². The summed E-state index contributed by atoms with van der Waals surface area (Å²) in [6.07, 6.45) is 0.713. The molecule has 2 rings (SSSR count). The number of anilines is 1. The minimum Gasteiger partial charge on any atom is -0.377 e. The van der Waals surface area contributed by atoms with Crippen molar-refractivity contribution in [2.45, 2.75) is 26.9 Å². The SMILES string of the molecule is Cc1ccc(COCCC(C)C(=O)Nc2ccccc2)cc1. The maximum atomic E-state index is 12.0. The van der Waals surface area contributed by atoms with Crippen LogP contribution >= 0.6 is 0 Å². The van der Waals surface area contributed by atoms with Crippen molar-refractivity contribution in [3.05, 3.63) is 65.7 Å². The number of hydrogen-bond donors (Lipinski definition) is 1. The predicted molar refractivity (Wildman–Crippen MR) is 89.7 cm³/mol. The van der Waals surface area contributed by atoms with Crippen LogP contribution in [0.2, 0.25) is 0 Å². The molecule has 0 aliphatic heterocycles. The van der Waals surface area contributed by atoms with E-state index in [4.69, 9.17) is 4.74 Å². The van der Waals surface area contributed by atoms with Crippen LogP contribution in [0.1, 0.15) is 24.5 Å². The maximum absolute atomic E-state index is 12.0. The minimum atomic E-state index is -0.0711. The second-order valence-corrected chi connectivity index (χ2v) is 5.58. The van der Waals surface area contributed by atoms with Crippen molar-refractivity contribution in [1.29, 1.82) is 0 Å². The van der Waals surface area contributed by atoms with E-state index in [-0.39, 0.29) is 11.8 Å². The van der Waals surface area contributed by atoms with Crippen molar-refractivity contribution < 1.29 is 9.53 Å². The van der Waals surface area contributed by atoms with E-state index < -0.39 is 0 Å². The molecule has 3 heteroatoms. The zero-order chi connectivity index (χ0) is 15.8. The molecule has 1 N–H and O–H groups in total. The molecule has 1 unspecified atom stereocenters. The molecule has 0 heterocycles. The van der Waals surface area contributed by atoms with Gasteiger partial charge in [-0.3, -0.25) is 4.79 Å². The van der Waals surface area contributed by atoms with E-state index in [1.54, 1.807) is 0 Å². The molecular weight excluding hydrogens is 274 g/mol. The fourth-order valence-corrected chi connectivity index (χ4v) is 2.05. The average molecular weight is 297 g/mol. The largest absolute Gasteiger partial charge is 0.377 e. The summed E-state index contributed by atoms with van der Waals surface area (Å²) >= 11 is 0. The van der Waals surface area contributed by atoms with Crippen LogP contribution in [0, 0.1) is 12.8 Å². The molecule has 0 aliphatic carbocycles. The summed E-state index contributed by atoms with van der Waals surface area (Å²) in [5.74, 6) is -0.0386. The number of hydrogen-bond acceptors (Lipinski definition) is 2. The average Bonchev–Trinajstić information content (AvgIpc) is 2.54. The van der Waals surface area contributed by atoms with E-state index in [2.05, 4.69) is 36.5 Å². The quantitative estimate of drug-likeness (QED) is 0.779. The predicted octanol–water partition coefficient (Wildman–Crippen LogP) is 4.18. The number of benzene rings is 2. The highest BCUT2D eigenvalue weighted by Gasteiger charge is 2.12. The number of amides is 1. The molecule has 0 aromatic heterocycles. The van der Waals surface area contributed by atoms with Crippen LogP contribution < -0.4 is 5.32 Å². The molecule has 1 amide bonds. The van der Waals surface area contributed by atoms with Crippen LogP contribution in [-0.4, -0.2) is 12.5 Å². The third-order valence-corrected chi connectivity index (χ3v) is 3.57. The maximum Gasteiger partial charge on any atom is 0.227 e. The molecule has 116 valence electrons. The summed E-state index contributed by atoms with van der Waals surface area (Å²) in [5.41, 5.74) is 3.24. The monoisotopic (exact) mass is 297 g/mol. The minimum absolute atomic E-state index is 0.0325. The Morgan fingerprint density at radius 1 is 1.09 bits per heavy atom. The molecule has 2 aromatic carbocycles. The van der Waals surface area contributed by atoms with Gasteiger partial charge in [0.05, 0.1) is 6.61 Å². The van der Waals surface area contributed by atoms with Gasteiger partial charge in [0.25, 0.3) is 0 Å². The summed E-state index contributed by atoms with van der Waals surface area (Å²) in [4.78, 5) is 12.0. The lowest BCUT2D eigenvalue weighted by Crippen LogP contribution is -2.21. The zero-order valence-corrected chi connectivity index (χ0v) is 13.2. The third kappa shape index (κ3) is 5.34. The Balaban J connectivity index is 1.67. The van der Waals surface area contributed by atoms with Crippen molar-refractivity contribution >= 4 is 11.6 Å². The van der Waals surface area contributed by atoms with Gasteiger partial charge >= 0.3 is 0 Å². The summed E-state index contributed by atoms with van der Waals surface area (Å²) in [7, 11) is 0. The molecule has 22 heavy (non-hydrogen) atoms. The summed E-state index contributed by atoms with van der Waals surface area (Å²) in [5, 5.41) is 2.91. The van der Waals surface area contributed by atoms with Gasteiger partial charge in [0.15, 0.2) is 0 Å². The van der Waals surface area contributed by atoms with Gasteiger partial charge in [-0.25, -0.2) is 0 Å². The van der Waals surface area contributed by atoms with Crippen molar-refractivity contribution in [2.75, 3.05) is 11.9 Å². The van der Waals surface area contributed by atoms with E-state index in [1.807, 2.05) is 37.3 Å². The van der Waals surface area contributed by atoms with Crippen molar-refractivity contribution in [3.63, 3.8) is 0 Å². The molecule has 0 saturated heterocycles. The number of carbonyl (C=O) groups excluding carboxylic acids is 1. The van der Waals surface area contributed by atoms with Crippen LogP contribution in [0.15, 0.2) is 54.6 Å². The molecule has 0 spiro atoms. The van der Waals surface area contributed by atoms with Gasteiger partial charge in [-0.15, -0.1) is 0 Å². The number of nitrogens with one attached hydrogen (secondary N) is 1. The van der Waals surface area contributed by atoms with Crippen LogP contribution in [0.3, 0.4) is 0 Å². The number of aryl methyl sites for hydroxylation is 1. The lowest BCUT2D eigenvalue weighted by Gasteiger charge is -2.12. The second-order valence-electron chi connectivity index (χ2n) is 5.58. The lowest BCUT2D eigenvalue weighted by molar-refractivity contribution is -0.120. The van der Waals surface area contributed by atoms with Crippen LogP contribution in [0.5, 0.6) is 0 Å². The molecule has 3 nitrogen and oxygen atoms in total. The van der Waals surface area contributed by atoms with Crippen LogP contribution in [-0.2, 0) is 16.1 Å². The Labute approximate surface area is 132 Å². The Hall–Kier alpha value is -2.13. The number of para-hydroxylation sites is 1. The first-order chi connectivity index (χ1) is 10.6. The molecule has 0 saturated carbocycles. The van der Waals surface area contributed by atoms with Gasteiger partial charge in [0.1, 0.15) is 0 Å². The summed E-state index contributed by atoms with van der Waals surface area (Å²) < 4.78 is 5.65. The van der Waals surface area contributed by atoms with Gasteiger partial charge in [0.2, 0.25) is 5.91 Å². The smallest absolute Gasteiger partial charge is 0.227 e. The second kappa shape index (κ2) is 8.35. The van der Waals surface area contributed by atoms with E-state index in [0.29, 0.717) is 19.6 Å². The topological polar surface area (TPSA) is 38.3 Å². The summed E-state index contributed by atoms with van der Waals surface area (Å²) in [6, 6.07) is 17.8. The highest BCUT2D eigenvalue weighted by atomic mass is 16.5. The standard InChI is InChI=1S/C19H23NO2/c1-15-8-10-17(11-9-15)14-22-13-12-16(2)19(21)20-18-6-4-3-5-7-18/h3-11,16H,12-14H2,1-2H3,(H,20,21). The van der Waals surface area contributed by atoms with Gasteiger partial charge < -0.3 is 10.1 Å². The van der Waals surface area contributed by atoms with Crippen molar-refractivity contribution in [2.24, 2.45) is 5.92 Å². The third-order valence-electron chi connectivity index (χ3n) is 3.57. The van der Waals surface area contributed by atoms with Crippen molar-refractivity contribution in [1.82, 2.24) is 0 Å². The molecular formula is C19H23NO2. The molecule has 0 bridgehead atoms. The van der Waals surface area contributed by atoms with Gasteiger partial charge in [-0.1, -0.05) is 55.0 Å².